The molecule has 4 N–H and O–H groups in total. The molecule has 5 nitrogen and oxygen atoms in total. The summed E-state index contributed by atoms with van der Waals surface area (Å²) in [5.41, 5.74) is 5.38. The minimum atomic E-state index is -0.982. The average molecular weight is 266 g/mol. The van der Waals surface area contributed by atoms with Gasteiger partial charge >= 0.3 is 0 Å². The maximum atomic E-state index is 13.6. The van der Waals surface area contributed by atoms with E-state index < -0.39 is 17.5 Å². The zero-order chi connectivity index (χ0) is 14.0. The van der Waals surface area contributed by atoms with Crippen LogP contribution in [0.4, 0.5) is 14.5 Å². The Balaban J connectivity index is 2.30. The molecule has 19 heavy (non-hydrogen) atoms. The van der Waals surface area contributed by atoms with Crippen LogP contribution in [-0.2, 0) is 0 Å². The molecule has 0 fully saturated rings. The van der Waals surface area contributed by atoms with Crippen LogP contribution >= 0.6 is 0 Å². The number of anilines is 1. The first kappa shape index (κ1) is 13.0. The van der Waals surface area contributed by atoms with Crippen LogP contribution in [0.5, 0.6) is 0 Å². The first-order chi connectivity index (χ1) is 8.99. The number of hydrogen-bond acceptors (Lipinski definition) is 3. The summed E-state index contributed by atoms with van der Waals surface area (Å²) in [6.45, 7) is 1.76. The quantitative estimate of drug-likeness (QED) is 0.791. The lowest BCUT2D eigenvalue weighted by atomic mass is 10.1. The molecule has 2 aromatic rings. The van der Waals surface area contributed by atoms with Gasteiger partial charge in [0.05, 0.1) is 23.0 Å². The molecule has 0 spiro atoms. The Hall–Kier alpha value is -2.44. The van der Waals surface area contributed by atoms with Gasteiger partial charge in [-0.15, -0.1) is 0 Å². The van der Waals surface area contributed by atoms with E-state index in [1.54, 1.807) is 19.2 Å². The second kappa shape index (κ2) is 5.05. The molecular weight excluding hydrogens is 254 g/mol. The third-order valence-electron chi connectivity index (χ3n) is 2.68. The molecular formula is C12H12F2N4O. The number of nitrogens with two attached hydrogens (primary N) is 1. The number of primary amides is 1. The molecule has 1 aromatic heterocycles. The topological polar surface area (TPSA) is 83.8 Å². The number of aromatic amines is 1. The highest BCUT2D eigenvalue weighted by Gasteiger charge is 2.16. The molecule has 0 aliphatic heterocycles. The average Bonchev–Trinajstić information content (AvgIpc) is 2.85. The molecule has 0 aliphatic rings. The molecule has 1 unspecified atom stereocenters. The minimum absolute atomic E-state index is 0.00250. The number of nitrogens with zero attached hydrogens (tertiary/aromatic N) is 1. The summed E-state index contributed by atoms with van der Waals surface area (Å²) in [7, 11) is 0. The van der Waals surface area contributed by atoms with E-state index in [0.717, 1.165) is 11.8 Å². The standard InChI is InChI=1S/C12H12F2N4O/c1-6(10-2-3-16-18-10)17-11-4-7(12(15)19)8(13)5-9(11)14/h2-6,17H,1H3,(H2,15,19)(H,16,18). The number of hydrogen-bond donors (Lipinski definition) is 3. The zero-order valence-corrected chi connectivity index (χ0v) is 10.1. The Kier molecular flexibility index (Phi) is 3.46. The summed E-state index contributed by atoms with van der Waals surface area (Å²) in [6, 6.07) is 3.11. The van der Waals surface area contributed by atoms with E-state index in [9.17, 15) is 13.6 Å². The summed E-state index contributed by atoms with van der Waals surface area (Å²) in [5.74, 6) is -2.73. The Morgan fingerprint density at radius 3 is 2.74 bits per heavy atom. The van der Waals surface area contributed by atoms with Gasteiger partial charge in [-0.05, 0) is 19.1 Å². The molecule has 100 valence electrons. The Morgan fingerprint density at radius 1 is 1.42 bits per heavy atom. The van der Waals surface area contributed by atoms with Crippen LogP contribution in [0.15, 0.2) is 24.4 Å². The molecule has 0 saturated carbocycles. The van der Waals surface area contributed by atoms with Crippen LogP contribution in [0.2, 0.25) is 0 Å². The van der Waals surface area contributed by atoms with Crippen LogP contribution < -0.4 is 11.1 Å². The van der Waals surface area contributed by atoms with Crippen molar-refractivity contribution >= 4 is 11.6 Å². The number of amides is 1. The third kappa shape index (κ3) is 2.70. The fraction of sp³-hybridized carbons (Fsp3) is 0.167. The number of benzene rings is 1. The fourth-order valence-electron chi connectivity index (χ4n) is 1.67. The maximum Gasteiger partial charge on any atom is 0.251 e. The summed E-state index contributed by atoms with van der Waals surface area (Å²) in [4.78, 5) is 11.0. The number of carbonyl (C=O) groups excluding carboxylic acids is 1. The van der Waals surface area contributed by atoms with Crippen LogP contribution in [0.1, 0.15) is 29.0 Å². The number of nitrogens with one attached hydrogen (secondary N) is 2. The predicted octanol–water partition coefficient (Wildman–Crippen LogP) is 1.96. The Labute approximate surface area is 107 Å². The molecule has 1 atom stereocenters. The normalized spacial score (nSPS) is 12.2. The highest BCUT2D eigenvalue weighted by Crippen LogP contribution is 2.23. The van der Waals surface area contributed by atoms with E-state index in [1.165, 1.54) is 0 Å². The zero-order valence-electron chi connectivity index (χ0n) is 10.1. The van der Waals surface area contributed by atoms with E-state index in [-0.39, 0.29) is 17.3 Å². The van der Waals surface area contributed by atoms with Gasteiger partial charge in [-0.1, -0.05) is 0 Å². The van der Waals surface area contributed by atoms with Crippen molar-refractivity contribution < 1.29 is 13.6 Å². The lowest BCUT2D eigenvalue weighted by Crippen LogP contribution is -2.15. The van der Waals surface area contributed by atoms with Crippen LogP contribution in [0, 0.1) is 11.6 Å². The van der Waals surface area contributed by atoms with Gasteiger partial charge in [-0.25, -0.2) is 8.78 Å². The van der Waals surface area contributed by atoms with Gasteiger partial charge in [-0.3, -0.25) is 9.89 Å². The number of halogens is 2. The second-order valence-electron chi connectivity index (χ2n) is 4.05. The van der Waals surface area contributed by atoms with Crippen molar-refractivity contribution in [3.8, 4) is 0 Å². The van der Waals surface area contributed by atoms with Gasteiger partial charge < -0.3 is 11.1 Å². The van der Waals surface area contributed by atoms with Crippen LogP contribution in [-0.4, -0.2) is 16.1 Å². The summed E-state index contributed by atoms with van der Waals surface area (Å²) in [6.07, 6.45) is 1.56. The van der Waals surface area contributed by atoms with Gasteiger partial charge in [0.2, 0.25) is 0 Å². The van der Waals surface area contributed by atoms with E-state index >= 15 is 0 Å². The fourth-order valence-corrected chi connectivity index (χ4v) is 1.67. The smallest absolute Gasteiger partial charge is 0.251 e. The van der Waals surface area contributed by atoms with Gasteiger partial charge in [-0.2, -0.15) is 5.10 Å². The molecule has 0 bridgehead atoms. The highest BCUT2D eigenvalue weighted by atomic mass is 19.1. The van der Waals surface area contributed by atoms with Gasteiger partial charge in [0, 0.05) is 12.3 Å². The van der Waals surface area contributed by atoms with Crippen molar-refractivity contribution in [1.82, 2.24) is 10.2 Å². The number of H-pyrrole nitrogens is 1. The molecule has 1 heterocycles. The van der Waals surface area contributed by atoms with Crippen molar-refractivity contribution in [3.63, 3.8) is 0 Å². The first-order valence-electron chi connectivity index (χ1n) is 5.53. The molecule has 7 heteroatoms. The van der Waals surface area contributed by atoms with Crippen molar-refractivity contribution in [2.75, 3.05) is 5.32 Å². The minimum Gasteiger partial charge on any atom is -0.375 e. The SMILES string of the molecule is CC(Nc1cc(C(N)=O)c(F)cc1F)c1ccn[nH]1. The van der Waals surface area contributed by atoms with Gasteiger partial charge in [0.1, 0.15) is 11.6 Å². The number of rotatable bonds is 4. The third-order valence-corrected chi connectivity index (χ3v) is 2.68. The highest BCUT2D eigenvalue weighted by molar-refractivity contribution is 5.94. The van der Waals surface area contributed by atoms with Gasteiger partial charge in [0.25, 0.3) is 5.91 Å². The van der Waals surface area contributed by atoms with Crippen LogP contribution in [0.25, 0.3) is 0 Å². The maximum absolute atomic E-state index is 13.6. The van der Waals surface area contributed by atoms with Crippen molar-refractivity contribution in [2.45, 2.75) is 13.0 Å². The van der Waals surface area contributed by atoms with E-state index in [1.807, 2.05) is 0 Å². The predicted molar refractivity (Wildman–Crippen MR) is 65.5 cm³/mol. The Bertz CT molecular complexity index is 598. The lowest BCUT2D eigenvalue weighted by molar-refractivity contribution is 0.0996. The first-order valence-corrected chi connectivity index (χ1v) is 5.53. The van der Waals surface area contributed by atoms with E-state index in [2.05, 4.69) is 15.5 Å². The number of carbonyl (C=O) groups is 1. The monoisotopic (exact) mass is 266 g/mol. The Morgan fingerprint density at radius 2 is 2.16 bits per heavy atom. The molecule has 0 saturated heterocycles. The largest absolute Gasteiger partial charge is 0.375 e. The molecule has 1 amide bonds. The molecule has 0 aliphatic carbocycles. The van der Waals surface area contributed by atoms with E-state index in [4.69, 9.17) is 5.73 Å². The summed E-state index contributed by atoms with van der Waals surface area (Å²) in [5, 5.41) is 9.31. The van der Waals surface area contributed by atoms with Gasteiger partial charge in [0.15, 0.2) is 0 Å². The number of aromatic nitrogens is 2. The molecule has 0 radical (unpaired) electrons. The van der Waals surface area contributed by atoms with Crippen molar-refractivity contribution in [2.24, 2.45) is 5.73 Å². The molecule has 1 aromatic carbocycles. The second-order valence-corrected chi connectivity index (χ2v) is 4.05. The van der Waals surface area contributed by atoms with Crippen molar-refractivity contribution in [3.05, 3.63) is 47.3 Å². The summed E-state index contributed by atoms with van der Waals surface area (Å²) >= 11 is 0. The van der Waals surface area contributed by atoms with Crippen molar-refractivity contribution in [1.29, 1.82) is 0 Å². The van der Waals surface area contributed by atoms with Crippen LogP contribution in [0.3, 0.4) is 0 Å². The van der Waals surface area contributed by atoms with E-state index in [0.29, 0.717) is 6.07 Å². The lowest BCUT2D eigenvalue weighted by Gasteiger charge is -2.15. The molecule has 2 rings (SSSR count). The summed E-state index contributed by atoms with van der Waals surface area (Å²) < 4.78 is 26.9.